The van der Waals surface area contributed by atoms with Crippen LogP contribution < -0.4 is 0 Å². The third-order valence-electron chi connectivity index (χ3n) is 3.00. The average Bonchev–Trinajstić information content (AvgIpc) is 2.40. The monoisotopic (exact) mass is 344 g/mol. The lowest BCUT2D eigenvalue weighted by Crippen LogP contribution is -2.13. The van der Waals surface area contributed by atoms with Crippen LogP contribution in [0.15, 0.2) is 53.0 Å². The molecule has 2 rings (SSSR count). The largest absolute Gasteiger partial charge is 0.416 e. The van der Waals surface area contributed by atoms with E-state index in [2.05, 4.69) is 15.9 Å². The molecule has 0 heterocycles. The predicted octanol–water partition coefficient (Wildman–Crippen LogP) is 4.74. The van der Waals surface area contributed by atoms with E-state index >= 15 is 0 Å². The van der Waals surface area contributed by atoms with Gasteiger partial charge in [-0.15, -0.1) is 0 Å². The van der Waals surface area contributed by atoms with Crippen molar-refractivity contribution in [2.75, 3.05) is 0 Å². The third kappa shape index (κ3) is 3.41. The highest BCUT2D eigenvalue weighted by molar-refractivity contribution is 9.10. The highest BCUT2D eigenvalue weighted by Gasteiger charge is 2.34. The molecule has 0 saturated carbocycles. The van der Waals surface area contributed by atoms with Crippen molar-refractivity contribution in [1.82, 2.24) is 0 Å². The van der Waals surface area contributed by atoms with E-state index in [1.54, 1.807) is 18.2 Å². The zero-order valence-corrected chi connectivity index (χ0v) is 11.9. The van der Waals surface area contributed by atoms with E-state index in [-0.39, 0.29) is 12.0 Å². The van der Waals surface area contributed by atoms with Crippen LogP contribution in [0.1, 0.15) is 22.8 Å². The number of rotatable bonds is 3. The minimum atomic E-state index is -4.47. The summed E-state index contributed by atoms with van der Waals surface area (Å²) in [6.45, 7) is 0. The molecule has 0 bridgehead atoms. The molecule has 0 aliphatic heterocycles. The Morgan fingerprint density at radius 3 is 2.25 bits per heavy atom. The second-order valence-corrected chi connectivity index (χ2v) is 5.25. The fourth-order valence-corrected chi connectivity index (χ4v) is 2.47. The number of halogens is 4. The van der Waals surface area contributed by atoms with Crippen LogP contribution in [0.25, 0.3) is 0 Å². The molecule has 2 aromatic rings. The molecule has 2 aromatic carbocycles. The minimum absolute atomic E-state index is 0.101. The number of aliphatic hydroxyl groups excluding tert-OH is 1. The lowest BCUT2D eigenvalue weighted by Gasteiger charge is -2.18. The molecule has 0 spiro atoms. The maximum atomic E-state index is 12.9. The van der Waals surface area contributed by atoms with Gasteiger partial charge in [-0.1, -0.05) is 52.3 Å². The summed E-state index contributed by atoms with van der Waals surface area (Å²) in [4.78, 5) is 0. The van der Waals surface area contributed by atoms with E-state index in [0.717, 1.165) is 16.1 Å². The van der Waals surface area contributed by atoms with Crippen LogP contribution in [-0.4, -0.2) is 5.11 Å². The lowest BCUT2D eigenvalue weighted by molar-refractivity contribution is -0.139. The second-order valence-electron chi connectivity index (χ2n) is 4.40. The lowest BCUT2D eigenvalue weighted by atomic mass is 9.97. The summed E-state index contributed by atoms with van der Waals surface area (Å²) < 4.78 is 39.5. The van der Waals surface area contributed by atoms with Crippen molar-refractivity contribution in [1.29, 1.82) is 0 Å². The molecular weight excluding hydrogens is 333 g/mol. The smallest absolute Gasteiger partial charge is 0.388 e. The maximum absolute atomic E-state index is 12.9. The summed E-state index contributed by atoms with van der Waals surface area (Å²) in [5.41, 5.74) is -0.132. The standard InChI is InChI=1S/C15H12BrF3O/c16-13-8-4-1-5-10(13)9-14(20)11-6-2-3-7-12(11)15(17,18)19/h1-8,14,20H,9H2. The summed E-state index contributed by atoms with van der Waals surface area (Å²) >= 11 is 3.32. The van der Waals surface area contributed by atoms with Gasteiger partial charge in [0.1, 0.15) is 0 Å². The van der Waals surface area contributed by atoms with Crippen LogP contribution in [0.3, 0.4) is 0 Å². The molecule has 0 aliphatic carbocycles. The molecule has 20 heavy (non-hydrogen) atoms. The fourth-order valence-electron chi connectivity index (χ4n) is 2.03. The molecule has 0 fully saturated rings. The molecule has 0 aliphatic rings. The Hall–Kier alpha value is -1.33. The van der Waals surface area contributed by atoms with Gasteiger partial charge in [-0.05, 0) is 23.3 Å². The molecule has 0 radical (unpaired) electrons. The van der Waals surface area contributed by atoms with Crippen LogP contribution in [-0.2, 0) is 12.6 Å². The zero-order valence-electron chi connectivity index (χ0n) is 10.4. The molecular formula is C15H12BrF3O. The third-order valence-corrected chi connectivity index (χ3v) is 3.77. The van der Waals surface area contributed by atoms with Crippen molar-refractivity contribution in [2.24, 2.45) is 0 Å². The van der Waals surface area contributed by atoms with Gasteiger partial charge in [0, 0.05) is 10.9 Å². The van der Waals surface area contributed by atoms with Crippen molar-refractivity contribution >= 4 is 15.9 Å². The fraction of sp³-hybridized carbons (Fsp3) is 0.200. The van der Waals surface area contributed by atoms with Gasteiger partial charge in [0.2, 0.25) is 0 Å². The summed E-state index contributed by atoms with van der Waals surface area (Å²) in [7, 11) is 0. The van der Waals surface area contributed by atoms with Crippen LogP contribution in [0.2, 0.25) is 0 Å². The Bertz CT molecular complexity index is 596. The van der Waals surface area contributed by atoms with Crippen molar-refractivity contribution in [3.63, 3.8) is 0 Å². The topological polar surface area (TPSA) is 20.2 Å². The first-order chi connectivity index (χ1) is 9.39. The Morgan fingerprint density at radius 2 is 1.60 bits per heavy atom. The SMILES string of the molecule is OC(Cc1ccccc1Br)c1ccccc1C(F)(F)F. The molecule has 0 saturated heterocycles. The van der Waals surface area contributed by atoms with E-state index < -0.39 is 17.8 Å². The average molecular weight is 345 g/mol. The normalized spacial score (nSPS) is 13.2. The van der Waals surface area contributed by atoms with E-state index in [0.29, 0.717) is 0 Å². The Morgan fingerprint density at radius 1 is 1.00 bits per heavy atom. The maximum Gasteiger partial charge on any atom is 0.416 e. The van der Waals surface area contributed by atoms with E-state index in [1.807, 2.05) is 6.07 Å². The summed E-state index contributed by atoms with van der Waals surface area (Å²) in [5, 5.41) is 10.1. The van der Waals surface area contributed by atoms with E-state index in [4.69, 9.17) is 0 Å². The molecule has 5 heteroatoms. The Kier molecular flexibility index (Phi) is 4.50. The first kappa shape index (κ1) is 15.1. The van der Waals surface area contributed by atoms with Crippen LogP contribution in [0.5, 0.6) is 0 Å². The van der Waals surface area contributed by atoms with Gasteiger partial charge in [0.25, 0.3) is 0 Å². The van der Waals surface area contributed by atoms with Crippen LogP contribution in [0, 0.1) is 0 Å². The van der Waals surface area contributed by atoms with Gasteiger partial charge in [-0.2, -0.15) is 13.2 Å². The number of benzene rings is 2. The second kappa shape index (κ2) is 5.97. The summed E-state index contributed by atoms with van der Waals surface area (Å²) in [5.74, 6) is 0. The molecule has 1 atom stereocenters. The molecule has 106 valence electrons. The highest BCUT2D eigenvalue weighted by Crippen LogP contribution is 2.35. The molecule has 1 nitrogen and oxygen atoms in total. The van der Waals surface area contributed by atoms with Gasteiger partial charge in [0.05, 0.1) is 11.7 Å². The molecule has 0 aromatic heterocycles. The van der Waals surface area contributed by atoms with Crippen LogP contribution >= 0.6 is 15.9 Å². The zero-order chi connectivity index (χ0) is 14.8. The van der Waals surface area contributed by atoms with Gasteiger partial charge >= 0.3 is 6.18 Å². The van der Waals surface area contributed by atoms with E-state index in [1.165, 1.54) is 18.2 Å². The highest BCUT2D eigenvalue weighted by atomic mass is 79.9. The van der Waals surface area contributed by atoms with Gasteiger partial charge in [-0.3, -0.25) is 0 Å². The quantitative estimate of drug-likeness (QED) is 0.852. The number of hydrogen-bond acceptors (Lipinski definition) is 1. The number of alkyl halides is 3. The van der Waals surface area contributed by atoms with Gasteiger partial charge in [-0.25, -0.2) is 0 Å². The minimum Gasteiger partial charge on any atom is -0.388 e. The van der Waals surface area contributed by atoms with Gasteiger partial charge < -0.3 is 5.11 Å². The first-order valence-corrected chi connectivity index (χ1v) is 6.76. The van der Waals surface area contributed by atoms with Crippen molar-refractivity contribution in [3.05, 3.63) is 69.7 Å². The van der Waals surface area contributed by atoms with Crippen molar-refractivity contribution < 1.29 is 18.3 Å². The summed E-state index contributed by atoms with van der Waals surface area (Å²) in [6, 6.07) is 12.3. The predicted molar refractivity (Wildman–Crippen MR) is 74.2 cm³/mol. The summed E-state index contributed by atoms with van der Waals surface area (Å²) in [6.07, 6.45) is -5.55. The Balaban J connectivity index is 2.31. The molecule has 1 unspecified atom stereocenters. The first-order valence-electron chi connectivity index (χ1n) is 5.97. The molecule has 1 N–H and O–H groups in total. The van der Waals surface area contributed by atoms with Gasteiger partial charge in [0.15, 0.2) is 0 Å². The molecule has 0 amide bonds. The van der Waals surface area contributed by atoms with Crippen LogP contribution in [0.4, 0.5) is 13.2 Å². The van der Waals surface area contributed by atoms with Crippen molar-refractivity contribution in [3.8, 4) is 0 Å². The van der Waals surface area contributed by atoms with Crippen molar-refractivity contribution in [2.45, 2.75) is 18.7 Å². The number of hydrogen-bond donors (Lipinski definition) is 1. The Labute approximate surface area is 123 Å². The van der Waals surface area contributed by atoms with E-state index in [9.17, 15) is 18.3 Å². The number of aliphatic hydroxyl groups is 1.